The molecule has 1 fully saturated rings. The topological polar surface area (TPSA) is 12.0 Å². The van der Waals surface area contributed by atoms with Gasteiger partial charge in [0.05, 0.1) is 0 Å². The molecule has 2 rings (SSSR count). The van der Waals surface area contributed by atoms with Gasteiger partial charge in [0.1, 0.15) is 0 Å². The van der Waals surface area contributed by atoms with Crippen molar-refractivity contribution in [2.45, 2.75) is 19.8 Å². The molecule has 1 saturated heterocycles. The molecule has 1 nitrogen and oxygen atoms in total. The van der Waals surface area contributed by atoms with Crippen LogP contribution in [0.25, 0.3) is 0 Å². The van der Waals surface area contributed by atoms with Crippen molar-refractivity contribution in [3.63, 3.8) is 0 Å². The molecular weight excluding hydrogens is 170 g/mol. The Labute approximate surface area is 86.5 Å². The van der Waals surface area contributed by atoms with Crippen LogP contribution in [-0.4, -0.2) is 13.1 Å². The molecule has 76 valence electrons. The average Bonchev–Trinajstić information content (AvgIpc) is 2.12. The monoisotopic (exact) mass is 189 g/mol. The number of hydrogen-bond donors (Lipinski definition) is 1. The van der Waals surface area contributed by atoms with Crippen molar-refractivity contribution in [1.82, 2.24) is 5.32 Å². The fourth-order valence-electron chi connectivity index (χ4n) is 2.44. The SMILES string of the molecule is CC(C)C(c1ccccc1)C1CNC1. The first-order valence-corrected chi connectivity index (χ1v) is 5.54. The molecule has 1 aliphatic rings. The normalized spacial score (nSPS) is 19.4. The zero-order valence-electron chi connectivity index (χ0n) is 9.03. The number of rotatable bonds is 3. The number of nitrogens with one attached hydrogen (secondary N) is 1. The van der Waals surface area contributed by atoms with Gasteiger partial charge in [0, 0.05) is 0 Å². The van der Waals surface area contributed by atoms with Crippen molar-refractivity contribution in [2.75, 3.05) is 13.1 Å². The Balaban J connectivity index is 2.18. The molecule has 14 heavy (non-hydrogen) atoms. The van der Waals surface area contributed by atoms with Crippen molar-refractivity contribution in [1.29, 1.82) is 0 Å². The van der Waals surface area contributed by atoms with Crippen molar-refractivity contribution in [3.8, 4) is 0 Å². The number of benzene rings is 1. The summed E-state index contributed by atoms with van der Waals surface area (Å²) in [5.41, 5.74) is 1.51. The Morgan fingerprint density at radius 2 is 1.79 bits per heavy atom. The molecule has 1 aromatic rings. The van der Waals surface area contributed by atoms with Crippen molar-refractivity contribution >= 4 is 0 Å². The van der Waals surface area contributed by atoms with E-state index in [1.807, 2.05) is 0 Å². The fraction of sp³-hybridized carbons (Fsp3) is 0.538. The van der Waals surface area contributed by atoms with E-state index in [4.69, 9.17) is 0 Å². The van der Waals surface area contributed by atoms with E-state index in [-0.39, 0.29) is 0 Å². The van der Waals surface area contributed by atoms with Crippen molar-refractivity contribution in [2.24, 2.45) is 11.8 Å². The minimum absolute atomic E-state index is 0.734. The molecular formula is C13H19N. The second-order valence-corrected chi connectivity index (χ2v) is 4.60. The average molecular weight is 189 g/mol. The van der Waals surface area contributed by atoms with Gasteiger partial charge in [-0.25, -0.2) is 0 Å². The summed E-state index contributed by atoms with van der Waals surface area (Å²) >= 11 is 0. The van der Waals surface area contributed by atoms with Gasteiger partial charge < -0.3 is 5.32 Å². The van der Waals surface area contributed by atoms with Crippen LogP contribution in [0.2, 0.25) is 0 Å². The third kappa shape index (κ3) is 1.83. The molecule has 0 saturated carbocycles. The highest BCUT2D eigenvalue weighted by Crippen LogP contribution is 2.33. The summed E-state index contributed by atoms with van der Waals surface area (Å²) in [6, 6.07) is 10.9. The zero-order valence-corrected chi connectivity index (χ0v) is 9.03. The van der Waals surface area contributed by atoms with Gasteiger partial charge in [0.25, 0.3) is 0 Å². The van der Waals surface area contributed by atoms with Crippen molar-refractivity contribution in [3.05, 3.63) is 35.9 Å². The smallest absolute Gasteiger partial charge is 0.000228 e. The zero-order chi connectivity index (χ0) is 9.97. The van der Waals surface area contributed by atoms with Crippen LogP contribution in [0.3, 0.4) is 0 Å². The molecule has 1 aromatic carbocycles. The minimum atomic E-state index is 0.734. The first kappa shape index (κ1) is 9.72. The molecule has 0 aromatic heterocycles. The molecule has 1 atom stereocenters. The predicted molar refractivity (Wildman–Crippen MR) is 60.4 cm³/mol. The molecule has 0 bridgehead atoms. The van der Waals surface area contributed by atoms with Crippen LogP contribution in [0.1, 0.15) is 25.3 Å². The molecule has 1 N–H and O–H groups in total. The van der Waals surface area contributed by atoms with Gasteiger partial charge in [0.15, 0.2) is 0 Å². The number of hydrogen-bond acceptors (Lipinski definition) is 1. The lowest BCUT2D eigenvalue weighted by Crippen LogP contribution is -2.46. The highest BCUT2D eigenvalue weighted by Gasteiger charge is 2.30. The summed E-state index contributed by atoms with van der Waals surface area (Å²) in [7, 11) is 0. The van der Waals surface area contributed by atoms with Crippen LogP contribution in [0.15, 0.2) is 30.3 Å². The molecule has 1 aliphatic heterocycles. The predicted octanol–water partition coefficient (Wildman–Crippen LogP) is 2.65. The van der Waals surface area contributed by atoms with Gasteiger partial charge >= 0.3 is 0 Å². The minimum Gasteiger partial charge on any atom is -0.316 e. The van der Waals surface area contributed by atoms with Gasteiger partial charge in [-0.3, -0.25) is 0 Å². The second-order valence-electron chi connectivity index (χ2n) is 4.60. The lowest BCUT2D eigenvalue weighted by Gasteiger charge is -2.37. The Kier molecular flexibility index (Phi) is 2.87. The van der Waals surface area contributed by atoms with Gasteiger partial charge in [-0.15, -0.1) is 0 Å². The van der Waals surface area contributed by atoms with Gasteiger partial charge in [-0.1, -0.05) is 44.2 Å². The summed E-state index contributed by atoms with van der Waals surface area (Å²) < 4.78 is 0. The lowest BCUT2D eigenvalue weighted by atomic mass is 9.76. The first-order chi connectivity index (χ1) is 6.79. The van der Waals surface area contributed by atoms with Gasteiger partial charge in [-0.05, 0) is 36.4 Å². The quantitative estimate of drug-likeness (QED) is 0.770. The molecule has 1 heteroatoms. The molecule has 0 amide bonds. The summed E-state index contributed by atoms with van der Waals surface area (Å²) in [5, 5.41) is 3.37. The standard InChI is InChI=1S/C13H19N/c1-10(2)13(12-8-14-9-12)11-6-4-3-5-7-11/h3-7,10,12-14H,8-9H2,1-2H3. The Bertz CT molecular complexity index is 275. The van der Waals surface area contributed by atoms with E-state index in [0.29, 0.717) is 0 Å². The third-order valence-corrected chi connectivity index (χ3v) is 3.22. The van der Waals surface area contributed by atoms with Crippen LogP contribution in [0, 0.1) is 11.8 Å². The highest BCUT2D eigenvalue weighted by molar-refractivity contribution is 5.22. The van der Waals surface area contributed by atoms with Crippen LogP contribution < -0.4 is 5.32 Å². The lowest BCUT2D eigenvalue weighted by molar-refractivity contribution is 0.247. The highest BCUT2D eigenvalue weighted by atomic mass is 15.0. The van der Waals surface area contributed by atoms with Crippen LogP contribution in [0.4, 0.5) is 0 Å². The van der Waals surface area contributed by atoms with E-state index in [2.05, 4.69) is 49.5 Å². The van der Waals surface area contributed by atoms with E-state index in [1.165, 1.54) is 18.7 Å². The molecule has 0 aliphatic carbocycles. The van der Waals surface area contributed by atoms with E-state index in [1.54, 1.807) is 0 Å². The molecule has 0 spiro atoms. The Morgan fingerprint density at radius 3 is 2.21 bits per heavy atom. The van der Waals surface area contributed by atoms with Gasteiger partial charge in [0.2, 0.25) is 0 Å². The maximum absolute atomic E-state index is 3.37. The van der Waals surface area contributed by atoms with E-state index < -0.39 is 0 Å². The summed E-state index contributed by atoms with van der Waals surface area (Å²) in [4.78, 5) is 0. The second kappa shape index (κ2) is 4.14. The van der Waals surface area contributed by atoms with Gasteiger partial charge in [-0.2, -0.15) is 0 Å². The summed E-state index contributed by atoms with van der Waals surface area (Å²) in [6.45, 7) is 7.04. The summed E-state index contributed by atoms with van der Waals surface area (Å²) in [5.74, 6) is 2.32. The van der Waals surface area contributed by atoms with E-state index >= 15 is 0 Å². The maximum Gasteiger partial charge on any atom is -0.000228 e. The Morgan fingerprint density at radius 1 is 1.14 bits per heavy atom. The van der Waals surface area contributed by atoms with Crippen LogP contribution in [0.5, 0.6) is 0 Å². The summed E-state index contributed by atoms with van der Waals surface area (Å²) in [6.07, 6.45) is 0. The first-order valence-electron chi connectivity index (χ1n) is 5.54. The van der Waals surface area contributed by atoms with E-state index in [0.717, 1.165) is 17.8 Å². The Hall–Kier alpha value is -0.820. The molecule has 1 heterocycles. The largest absolute Gasteiger partial charge is 0.316 e. The maximum atomic E-state index is 3.37. The van der Waals surface area contributed by atoms with Crippen LogP contribution >= 0.6 is 0 Å². The fourth-order valence-corrected chi connectivity index (χ4v) is 2.44. The third-order valence-electron chi connectivity index (χ3n) is 3.22. The molecule has 0 radical (unpaired) electrons. The van der Waals surface area contributed by atoms with Crippen LogP contribution in [-0.2, 0) is 0 Å². The molecule has 1 unspecified atom stereocenters. The van der Waals surface area contributed by atoms with E-state index in [9.17, 15) is 0 Å². The van der Waals surface area contributed by atoms with Crippen molar-refractivity contribution < 1.29 is 0 Å².